The van der Waals surface area contributed by atoms with Crippen molar-refractivity contribution in [2.24, 2.45) is 0 Å². The first kappa shape index (κ1) is 19.4. The minimum absolute atomic E-state index is 0.0482. The standard InChI is InChI=1S/C22H26N6OS/c1-13-4-8-18(9-5-13)28-15(3)20(14(2)26-28)23-19(29)12-30-22-25-24-21(16-6-7-16)27(22)17-10-11-17/h4-5,8-9,16-17H,6-7,10-12H2,1-3H3,(H,23,29). The third-order valence-electron chi connectivity index (χ3n) is 5.71. The van der Waals surface area contributed by atoms with Gasteiger partial charge < -0.3 is 9.88 Å². The van der Waals surface area contributed by atoms with Crippen LogP contribution in [0.15, 0.2) is 29.4 Å². The SMILES string of the molecule is Cc1ccc(-n2nc(C)c(NC(=O)CSc3nnc(C4CC4)n3C3CC3)c2C)cc1. The van der Waals surface area contributed by atoms with E-state index in [4.69, 9.17) is 0 Å². The highest BCUT2D eigenvalue weighted by molar-refractivity contribution is 7.99. The predicted molar refractivity (Wildman–Crippen MR) is 117 cm³/mol. The van der Waals surface area contributed by atoms with Crippen molar-refractivity contribution in [3.63, 3.8) is 0 Å². The molecule has 30 heavy (non-hydrogen) atoms. The summed E-state index contributed by atoms with van der Waals surface area (Å²) in [5.41, 5.74) is 4.70. The molecule has 8 heteroatoms. The quantitative estimate of drug-likeness (QED) is 0.574. The van der Waals surface area contributed by atoms with Gasteiger partial charge in [-0.25, -0.2) is 4.68 Å². The van der Waals surface area contributed by atoms with Crippen LogP contribution in [0.1, 0.15) is 60.4 Å². The summed E-state index contributed by atoms with van der Waals surface area (Å²) >= 11 is 1.48. The number of aryl methyl sites for hydroxylation is 2. The summed E-state index contributed by atoms with van der Waals surface area (Å²) in [7, 11) is 0. The number of benzene rings is 1. The highest BCUT2D eigenvalue weighted by Crippen LogP contribution is 2.46. The Morgan fingerprint density at radius 1 is 1.10 bits per heavy atom. The van der Waals surface area contributed by atoms with Crippen LogP contribution < -0.4 is 5.32 Å². The Kier molecular flexibility index (Phi) is 4.89. The molecule has 0 radical (unpaired) electrons. The molecular formula is C22H26N6OS. The average Bonchev–Trinajstić information content (AvgIpc) is 3.67. The number of hydrogen-bond donors (Lipinski definition) is 1. The number of nitrogens with zero attached hydrogens (tertiary/aromatic N) is 5. The second-order valence-corrected chi connectivity index (χ2v) is 9.29. The summed E-state index contributed by atoms with van der Waals surface area (Å²) in [6, 6.07) is 8.73. The Balaban J connectivity index is 1.28. The monoisotopic (exact) mass is 422 g/mol. The van der Waals surface area contributed by atoms with E-state index in [1.807, 2.05) is 30.7 Å². The van der Waals surface area contributed by atoms with E-state index in [1.54, 1.807) is 0 Å². The number of thioether (sulfide) groups is 1. The zero-order valence-electron chi connectivity index (χ0n) is 17.6. The summed E-state index contributed by atoms with van der Waals surface area (Å²) in [6.07, 6.45) is 4.79. The maximum Gasteiger partial charge on any atom is 0.234 e. The molecule has 2 heterocycles. The summed E-state index contributed by atoms with van der Waals surface area (Å²) < 4.78 is 4.16. The van der Waals surface area contributed by atoms with E-state index in [-0.39, 0.29) is 5.91 Å². The van der Waals surface area contributed by atoms with Gasteiger partial charge in [-0.05, 0) is 58.6 Å². The molecule has 2 aromatic heterocycles. The number of carbonyl (C=O) groups excluding carboxylic acids is 1. The third-order valence-corrected chi connectivity index (χ3v) is 6.66. The molecule has 1 amide bonds. The lowest BCUT2D eigenvalue weighted by Crippen LogP contribution is -2.16. The van der Waals surface area contributed by atoms with Crippen molar-refractivity contribution in [2.75, 3.05) is 11.1 Å². The van der Waals surface area contributed by atoms with Gasteiger partial charge in [0, 0.05) is 12.0 Å². The molecule has 0 aliphatic heterocycles. The fraction of sp³-hybridized carbons (Fsp3) is 0.455. The first-order valence-corrected chi connectivity index (χ1v) is 11.5. The summed E-state index contributed by atoms with van der Waals surface area (Å²) in [5, 5.41) is 17.4. The zero-order chi connectivity index (χ0) is 20.8. The Hall–Kier alpha value is -2.61. The van der Waals surface area contributed by atoms with Crippen LogP contribution >= 0.6 is 11.8 Å². The Bertz CT molecular complexity index is 1090. The Morgan fingerprint density at radius 3 is 2.50 bits per heavy atom. The molecule has 2 aliphatic carbocycles. The lowest BCUT2D eigenvalue weighted by atomic mass is 10.2. The average molecular weight is 423 g/mol. The van der Waals surface area contributed by atoms with E-state index in [1.165, 1.54) is 43.0 Å². The Labute approximate surface area is 180 Å². The summed E-state index contributed by atoms with van der Waals surface area (Å²) in [5.74, 6) is 1.95. The van der Waals surface area contributed by atoms with E-state index in [2.05, 4.69) is 44.2 Å². The molecule has 0 unspecified atom stereocenters. The minimum atomic E-state index is -0.0482. The van der Waals surface area contributed by atoms with E-state index < -0.39 is 0 Å². The number of amides is 1. The minimum Gasteiger partial charge on any atom is -0.322 e. The number of aromatic nitrogens is 5. The largest absolute Gasteiger partial charge is 0.322 e. The van der Waals surface area contributed by atoms with E-state index >= 15 is 0 Å². The molecular weight excluding hydrogens is 396 g/mol. The maximum absolute atomic E-state index is 12.7. The Morgan fingerprint density at radius 2 is 1.83 bits per heavy atom. The highest BCUT2D eigenvalue weighted by atomic mass is 32.2. The first-order chi connectivity index (χ1) is 14.5. The topological polar surface area (TPSA) is 77.6 Å². The van der Waals surface area contributed by atoms with Gasteiger partial charge in [-0.1, -0.05) is 29.5 Å². The van der Waals surface area contributed by atoms with Crippen molar-refractivity contribution in [1.82, 2.24) is 24.5 Å². The number of hydrogen-bond acceptors (Lipinski definition) is 5. The van der Waals surface area contributed by atoms with Crippen LogP contribution in [-0.2, 0) is 4.79 Å². The second kappa shape index (κ2) is 7.58. The van der Waals surface area contributed by atoms with Gasteiger partial charge in [0.05, 0.1) is 28.5 Å². The van der Waals surface area contributed by atoms with Crippen molar-refractivity contribution in [3.8, 4) is 5.69 Å². The molecule has 1 N–H and O–H groups in total. The smallest absolute Gasteiger partial charge is 0.234 e. The van der Waals surface area contributed by atoms with Crippen LogP contribution in [0.5, 0.6) is 0 Å². The number of carbonyl (C=O) groups is 1. The fourth-order valence-corrected chi connectivity index (χ4v) is 4.56. The van der Waals surface area contributed by atoms with Crippen LogP contribution in [-0.4, -0.2) is 36.2 Å². The second-order valence-electron chi connectivity index (χ2n) is 8.35. The van der Waals surface area contributed by atoms with E-state index in [0.29, 0.717) is 17.7 Å². The molecule has 1 aromatic carbocycles. The fourth-order valence-electron chi connectivity index (χ4n) is 3.75. The molecule has 7 nitrogen and oxygen atoms in total. The van der Waals surface area contributed by atoms with Crippen molar-refractivity contribution in [3.05, 3.63) is 47.0 Å². The highest BCUT2D eigenvalue weighted by Gasteiger charge is 2.36. The van der Waals surface area contributed by atoms with Crippen LogP contribution in [0.2, 0.25) is 0 Å². The van der Waals surface area contributed by atoms with Gasteiger partial charge in [0.25, 0.3) is 0 Å². The molecule has 2 aliphatic rings. The van der Waals surface area contributed by atoms with E-state index in [9.17, 15) is 4.79 Å². The first-order valence-electron chi connectivity index (χ1n) is 10.5. The van der Waals surface area contributed by atoms with Gasteiger partial charge in [-0.2, -0.15) is 5.10 Å². The third kappa shape index (κ3) is 3.76. The molecule has 0 saturated heterocycles. The molecule has 2 saturated carbocycles. The van der Waals surface area contributed by atoms with Gasteiger partial charge in [-0.3, -0.25) is 4.79 Å². The van der Waals surface area contributed by atoms with Gasteiger partial charge >= 0.3 is 0 Å². The van der Waals surface area contributed by atoms with Gasteiger partial charge in [0.2, 0.25) is 5.91 Å². The molecule has 156 valence electrons. The zero-order valence-corrected chi connectivity index (χ0v) is 18.4. The molecule has 0 atom stereocenters. The molecule has 3 aromatic rings. The number of rotatable bonds is 7. The van der Waals surface area contributed by atoms with Gasteiger partial charge in [0.15, 0.2) is 5.16 Å². The van der Waals surface area contributed by atoms with Crippen molar-refractivity contribution < 1.29 is 4.79 Å². The van der Waals surface area contributed by atoms with Crippen LogP contribution in [0.4, 0.5) is 5.69 Å². The van der Waals surface area contributed by atoms with Crippen molar-refractivity contribution in [2.45, 2.75) is 63.6 Å². The lowest BCUT2D eigenvalue weighted by Gasteiger charge is -2.09. The number of anilines is 1. The van der Waals surface area contributed by atoms with Gasteiger partial charge in [0.1, 0.15) is 5.82 Å². The molecule has 0 bridgehead atoms. The predicted octanol–water partition coefficient (Wildman–Crippen LogP) is 4.33. The summed E-state index contributed by atoms with van der Waals surface area (Å²) in [6.45, 7) is 5.96. The van der Waals surface area contributed by atoms with Crippen LogP contribution in [0, 0.1) is 20.8 Å². The number of nitrogens with one attached hydrogen (secondary N) is 1. The van der Waals surface area contributed by atoms with Crippen molar-refractivity contribution >= 4 is 23.4 Å². The molecule has 2 fully saturated rings. The normalized spacial score (nSPS) is 16.1. The van der Waals surface area contributed by atoms with E-state index in [0.717, 1.165) is 33.7 Å². The van der Waals surface area contributed by atoms with Crippen LogP contribution in [0.3, 0.4) is 0 Å². The summed E-state index contributed by atoms with van der Waals surface area (Å²) in [4.78, 5) is 12.7. The van der Waals surface area contributed by atoms with Crippen molar-refractivity contribution in [1.29, 1.82) is 0 Å². The maximum atomic E-state index is 12.7. The lowest BCUT2D eigenvalue weighted by molar-refractivity contribution is -0.113. The molecule has 0 spiro atoms. The molecule has 5 rings (SSSR count). The van der Waals surface area contributed by atoms with Gasteiger partial charge in [-0.15, -0.1) is 10.2 Å². The van der Waals surface area contributed by atoms with Crippen LogP contribution in [0.25, 0.3) is 5.69 Å².